The molecule has 0 saturated carbocycles. The van der Waals surface area contributed by atoms with E-state index < -0.39 is 28.7 Å². The summed E-state index contributed by atoms with van der Waals surface area (Å²) in [6, 6.07) is 20.2. The number of anilines is 1. The van der Waals surface area contributed by atoms with Gasteiger partial charge in [-0.05, 0) is 48.0 Å². The molecule has 0 spiro atoms. The van der Waals surface area contributed by atoms with Gasteiger partial charge in [-0.3, -0.25) is 9.10 Å². The van der Waals surface area contributed by atoms with Crippen LogP contribution in [-0.2, 0) is 16.6 Å². The maximum absolute atomic E-state index is 13.6. The van der Waals surface area contributed by atoms with E-state index in [2.05, 4.69) is 0 Å². The van der Waals surface area contributed by atoms with Gasteiger partial charge < -0.3 is 10.1 Å². The molecule has 0 aliphatic rings. The highest BCUT2D eigenvalue weighted by molar-refractivity contribution is 7.92. The molecule has 3 rings (SSSR count). The molecule has 0 aromatic heterocycles. The van der Waals surface area contributed by atoms with Gasteiger partial charge in [0.25, 0.3) is 15.9 Å². The monoisotopic (exact) mass is 478 g/mol. The largest absolute Gasteiger partial charge is 0.497 e. The third-order valence-corrected chi connectivity index (χ3v) is 6.43. The van der Waals surface area contributed by atoms with Gasteiger partial charge >= 0.3 is 6.18 Å². The van der Waals surface area contributed by atoms with E-state index >= 15 is 0 Å². The number of alkyl halides is 3. The van der Waals surface area contributed by atoms with Gasteiger partial charge in [0.05, 0.1) is 24.2 Å². The molecule has 174 valence electrons. The third-order valence-electron chi connectivity index (χ3n) is 4.66. The predicted molar refractivity (Wildman–Crippen MR) is 118 cm³/mol. The number of amides is 1. The minimum Gasteiger partial charge on any atom is -0.497 e. The number of nitrogens with one attached hydrogen (secondary N) is 1. The first-order chi connectivity index (χ1) is 15.6. The van der Waals surface area contributed by atoms with Crippen molar-refractivity contribution in [2.24, 2.45) is 0 Å². The third kappa shape index (κ3) is 6.26. The fourth-order valence-corrected chi connectivity index (χ4v) is 4.52. The highest BCUT2D eigenvalue weighted by Crippen LogP contribution is 2.28. The van der Waals surface area contributed by atoms with Crippen LogP contribution in [0, 0.1) is 0 Å². The van der Waals surface area contributed by atoms with Crippen molar-refractivity contribution in [3.63, 3.8) is 0 Å². The maximum Gasteiger partial charge on any atom is 0.405 e. The van der Waals surface area contributed by atoms with Crippen LogP contribution < -0.4 is 14.4 Å². The molecule has 0 heterocycles. The van der Waals surface area contributed by atoms with Gasteiger partial charge in [0.2, 0.25) is 0 Å². The van der Waals surface area contributed by atoms with Crippen molar-refractivity contribution in [2.75, 3.05) is 18.0 Å². The zero-order valence-electron chi connectivity index (χ0n) is 17.5. The number of carbonyl (C=O) groups is 1. The summed E-state index contributed by atoms with van der Waals surface area (Å²) in [6.07, 6.45) is -4.58. The van der Waals surface area contributed by atoms with E-state index in [1.165, 1.54) is 25.3 Å². The van der Waals surface area contributed by atoms with Gasteiger partial charge in [-0.25, -0.2) is 8.42 Å². The number of methoxy groups -OCH3 is 1. The van der Waals surface area contributed by atoms with Gasteiger partial charge in [0.1, 0.15) is 12.3 Å². The van der Waals surface area contributed by atoms with Crippen molar-refractivity contribution in [3.05, 3.63) is 90.0 Å². The number of ether oxygens (including phenoxy) is 1. The van der Waals surface area contributed by atoms with E-state index in [-0.39, 0.29) is 17.0 Å². The molecule has 0 saturated heterocycles. The number of benzene rings is 3. The average molecular weight is 478 g/mol. The lowest BCUT2D eigenvalue weighted by Gasteiger charge is -2.25. The van der Waals surface area contributed by atoms with E-state index in [0.29, 0.717) is 11.4 Å². The van der Waals surface area contributed by atoms with Gasteiger partial charge in [0.15, 0.2) is 0 Å². The van der Waals surface area contributed by atoms with Gasteiger partial charge in [0, 0.05) is 5.56 Å². The number of sulfonamides is 1. The molecule has 3 aromatic carbocycles. The van der Waals surface area contributed by atoms with Crippen molar-refractivity contribution in [1.82, 2.24) is 5.32 Å². The smallest absolute Gasteiger partial charge is 0.405 e. The maximum atomic E-state index is 13.6. The molecular formula is C23H21F3N2O4S. The highest BCUT2D eigenvalue weighted by Gasteiger charge is 2.29. The molecule has 0 bridgehead atoms. The van der Waals surface area contributed by atoms with Crippen molar-refractivity contribution >= 4 is 21.6 Å². The fourth-order valence-electron chi connectivity index (χ4n) is 3.02. The van der Waals surface area contributed by atoms with Crippen molar-refractivity contribution in [3.8, 4) is 5.75 Å². The van der Waals surface area contributed by atoms with E-state index in [0.717, 1.165) is 15.9 Å². The first kappa shape index (κ1) is 24.1. The summed E-state index contributed by atoms with van der Waals surface area (Å²) in [5.41, 5.74) is 0.872. The lowest BCUT2D eigenvalue weighted by atomic mass is 10.2. The molecule has 1 amide bonds. The molecule has 33 heavy (non-hydrogen) atoms. The molecule has 0 radical (unpaired) electrons. The second kappa shape index (κ2) is 9.95. The molecule has 0 fully saturated rings. The van der Waals surface area contributed by atoms with Crippen LogP contribution in [0.15, 0.2) is 83.8 Å². The molecule has 3 aromatic rings. The minimum atomic E-state index is -4.58. The number of rotatable bonds is 8. The van der Waals surface area contributed by atoms with Gasteiger partial charge in [-0.1, -0.05) is 36.4 Å². The van der Waals surface area contributed by atoms with Crippen LogP contribution in [0.5, 0.6) is 5.75 Å². The van der Waals surface area contributed by atoms with Gasteiger partial charge in [-0.2, -0.15) is 13.2 Å². The topological polar surface area (TPSA) is 75.7 Å². The Hall–Kier alpha value is -3.53. The van der Waals surface area contributed by atoms with Crippen molar-refractivity contribution in [2.45, 2.75) is 17.6 Å². The molecular weight excluding hydrogens is 457 g/mol. The number of nitrogens with zero attached hydrogens (tertiary/aromatic N) is 1. The molecule has 6 nitrogen and oxygen atoms in total. The Balaban J connectivity index is 1.98. The Bertz CT molecular complexity index is 1200. The molecule has 1 N–H and O–H groups in total. The Morgan fingerprint density at radius 3 is 2.24 bits per heavy atom. The minimum absolute atomic E-state index is 0.0000000898. The number of halogens is 3. The lowest BCUT2D eigenvalue weighted by Crippen LogP contribution is -2.34. The van der Waals surface area contributed by atoms with E-state index in [9.17, 15) is 26.4 Å². The number of hydrogen-bond acceptors (Lipinski definition) is 4. The Morgan fingerprint density at radius 2 is 1.64 bits per heavy atom. The molecule has 10 heteroatoms. The second-order valence-electron chi connectivity index (χ2n) is 7.02. The number of carbonyl (C=O) groups excluding carboxylic acids is 1. The van der Waals surface area contributed by atoms with Crippen molar-refractivity contribution < 1.29 is 31.1 Å². The predicted octanol–water partition coefficient (Wildman–Crippen LogP) is 4.38. The summed E-state index contributed by atoms with van der Waals surface area (Å²) in [4.78, 5) is 11.9. The second-order valence-corrected chi connectivity index (χ2v) is 8.88. The average Bonchev–Trinajstić information content (AvgIpc) is 2.81. The summed E-state index contributed by atoms with van der Waals surface area (Å²) in [6.45, 7) is -1.52. The summed E-state index contributed by atoms with van der Waals surface area (Å²) in [5.74, 6) is -0.484. The first-order valence-electron chi connectivity index (χ1n) is 9.76. The van der Waals surface area contributed by atoms with Crippen LogP contribution in [0.25, 0.3) is 0 Å². The van der Waals surface area contributed by atoms with Crippen molar-refractivity contribution in [1.29, 1.82) is 0 Å². The van der Waals surface area contributed by atoms with Crippen LogP contribution in [0.2, 0.25) is 0 Å². The molecule has 0 aliphatic carbocycles. The van der Waals surface area contributed by atoms with Crippen LogP contribution in [0.3, 0.4) is 0 Å². The van der Waals surface area contributed by atoms with E-state index in [1.807, 2.05) is 0 Å². The fraction of sp³-hybridized carbons (Fsp3) is 0.174. The Morgan fingerprint density at radius 1 is 0.970 bits per heavy atom. The van der Waals surface area contributed by atoms with Crippen LogP contribution in [0.1, 0.15) is 15.9 Å². The zero-order valence-corrected chi connectivity index (χ0v) is 18.4. The summed E-state index contributed by atoms with van der Waals surface area (Å²) in [5, 5.41) is 1.74. The van der Waals surface area contributed by atoms with Crippen LogP contribution >= 0.6 is 0 Å². The quantitative estimate of drug-likeness (QED) is 0.521. The first-order valence-corrected chi connectivity index (χ1v) is 11.2. The highest BCUT2D eigenvalue weighted by atomic mass is 32.2. The number of hydrogen-bond donors (Lipinski definition) is 1. The standard InChI is InChI=1S/C23H21F3N2O4S/c1-32-20-12-10-19(11-13-20)28(15-17-6-3-2-4-7-17)33(30,31)21-9-5-8-18(14-21)22(29)27-16-23(24,25)26/h2-14H,15-16H2,1H3,(H,27,29). The molecule has 0 unspecified atom stereocenters. The summed E-state index contributed by atoms with van der Waals surface area (Å²) < 4.78 is 70.7. The Labute approximate surface area is 189 Å². The molecule has 0 aliphatic heterocycles. The summed E-state index contributed by atoms with van der Waals surface area (Å²) >= 11 is 0. The van der Waals surface area contributed by atoms with Crippen LogP contribution in [-0.4, -0.2) is 34.2 Å². The van der Waals surface area contributed by atoms with E-state index in [1.54, 1.807) is 59.9 Å². The molecule has 0 atom stereocenters. The zero-order chi connectivity index (χ0) is 24.1. The van der Waals surface area contributed by atoms with Gasteiger partial charge in [-0.15, -0.1) is 0 Å². The summed E-state index contributed by atoms with van der Waals surface area (Å²) in [7, 11) is -2.69. The van der Waals surface area contributed by atoms with E-state index in [4.69, 9.17) is 4.74 Å². The SMILES string of the molecule is COc1ccc(N(Cc2ccccc2)S(=O)(=O)c2cccc(C(=O)NCC(F)(F)F)c2)cc1. The lowest BCUT2D eigenvalue weighted by molar-refractivity contribution is -0.123. The normalized spacial score (nSPS) is 11.6. The van der Waals surface area contributed by atoms with Crippen LogP contribution in [0.4, 0.5) is 18.9 Å². The Kier molecular flexibility index (Phi) is 7.27.